The first-order chi connectivity index (χ1) is 28.2. The maximum atomic E-state index is 6.46. The molecule has 4 N–H and O–H groups in total. The summed E-state index contributed by atoms with van der Waals surface area (Å²) in [6.45, 7) is 1.37. The van der Waals surface area contributed by atoms with Crippen LogP contribution in [0.2, 0.25) is 0 Å². The topological polar surface area (TPSA) is 80.3 Å². The van der Waals surface area contributed by atoms with Gasteiger partial charge in [0.25, 0.3) is 0 Å². The molecule has 1 unspecified atom stereocenters. The van der Waals surface area contributed by atoms with Crippen LogP contribution in [0.25, 0.3) is 66.9 Å². The molecule has 0 aliphatic carbocycles. The fraction of sp³-hybridized carbons (Fsp3) is 0.0588. The first-order valence-corrected chi connectivity index (χ1v) is 19.4. The van der Waals surface area contributed by atoms with Crippen molar-refractivity contribution < 1.29 is 0 Å². The number of nitrogens with zero attached hydrogens (tertiary/aromatic N) is 3. The van der Waals surface area contributed by atoms with E-state index in [1.165, 1.54) is 27.3 Å². The number of aliphatic imine (C=N–C) groups is 1. The number of imidazole rings is 1. The molecule has 6 nitrogen and oxygen atoms in total. The summed E-state index contributed by atoms with van der Waals surface area (Å²) in [5.41, 5.74) is 18.7. The molecule has 0 spiro atoms. The first-order valence-electron chi connectivity index (χ1n) is 19.4. The van der Waals surface area contributed by atoms with E-state index in [0.717, 1.165) is 67.9 Å². The number of benzene rings is 8. The van der Waals surface area contributed by atoms with Crippen molar-refractivity contribution in [3.63, 3.8) is 0 Å². The minimum atomic E-state index is -0.284. The van der Waals surface area contributed by atoms with Crippen molar-refractivity contribution >= 4 is 44.5 Å². The van der Waals surface area contributed by atoms with E-state index in [0.29, 0.717) is 12.4 Å². The van der Waals surface area contributed by atoms with Crippen molar-refractivity contribution in [1.82, 2.24) is 20.2 Å². The highest BCUT2D eigenvalue weighted by Gasteiger charge is 2.24. The predicted octanol–water partition coefficient (Wildman–Crippen LogP) is 10.9. The van der Waals surface area contributed by atoms with Crippen LogP contribution < -0.4 is 16.4 Å². The number of rotatable bonds is 9. The Hall–Kier alpha value is -7.28. The van der Waals surface area contributed by atoms with Gasteiger partial charge in [-0.15, -0.1) is 0 Å². The molecule has 1 atom stereocenters. The Morgan fingerprint density at radius 3 is 2.07 bits per heavy atom. The lowest BCUT2D eigenvalue weighted by Crippen LogP contribution is -2.23. The molecule has 2 heterocycles. The van der Waals surface area contributed by atoms with Gasteiger partial charge in [0.2, 0.25) is 0 Å². The molecule has 8 aromatic carbocycles. The molecule has 0 saturated carbocycles. The predicted molar refractivity (Wildman–Crippen MR) is 236 cm³/mol. The average molecular weight is 737 g/mol. The summed E-state index contributed by atoms with van der Waals surface area (Å²) in [5, 5.41) is 11.9. The van der Waals surface area contributed by atoms with Gasteiger partial charge in [-0.1, -0.05) is 170 Å². The number of nitrogens with two attached hydrogens (primary N) is 1. The van der Waals surface area contributed by atoms with Crippen molar-refractivity contribution in [1.29, 1.82) is 0 Å². The maximum Gasteiger partial charge on any atom is 0.145 e. The normalized spacial score (nSPS) is 13.2. The van der Waals surface area contributed by atoms with Gasteiger partial charge in [-0.25, -0.2) is 9.98 Å². The summed E-state index contributed by atoms with van der Waals surface area (Å²) < 4.78 is 2.39. The molecule has 0 bridgehead atoms. The Morgan fingerprint density at radius 1 is 0.667 bits per heavy atom. The molecule has 274 valence electrons. The van der Waals surface area contributed by atoms with Crippen LogP contribution in [-0.2, 0) is 13.1 Å². The van der Waals surface area contributed by atoms with E-state index in [1.807, 2.05) is 48.5 Å². The van der Waals surface area contributed by atoms with E-state index in [-0.39, 0.29) is 6.17 Å². The van der Waals surface area contributed by atoms with E-state index >= 15 is 0 Å². The van der Waals surface area contributed by atoms with Crippen LogP contribution in [0.5, 0.6) is 0 Å². The highest BCUT2D eigenvalue weighted by atomic mass is 15.1. The smallest absolute Gasteiger partial charge is 0.145 e. The average Bonchev–Trinajstić information content (AvgIpc) is 3.69. The summed E-state index contributed by atoms with van der Waals surface area (Å²) in [7, 11) is 0. The summed E-state index contributed by atoms with van der Waals surface area (Å²) in [6.07, 6.45) is 3.98. The number of amidine groups is 1. The molecule has 1 aromatic heterocycles. The van der Waals surface area contributed by atoms with Crippen LogP contribution in [0, 0.1) is 0 Å². The van der Waals surface area contributed by atoms with E-state index in [9.17, 15) is 0 Å². The Balaban J connectivity index is 0.990. The highest BCUT2D eigenvalue weighted by molar-refractivity contribution is 6.12. The molecule has 0 saturated heterocycles. The third-order valence-electron chi connectivity index (χ3n) is 11.0. The standard InChI is InChI=1S/C51H40N6/c52-49(38-13-3-1-4-14-38)56-50(39-15-5-2-6-16-39)54-32-34-22-24-35(25-23-34)36-26-28-40(29-27-36)51-55-47-44-20-10-9-19-42(44)43-30-31-53-33-45(43)48(47)57(51)46-21-11-17-37-12-7-8-18-41(37)46/h1-31,50,53-54H,32-33H2,(H2,52,56). The van der Waals surface area contributed by atoms with Gasteiger partial charge in [-0.2, -0.15) is 0 Å². The lowest BCUT2D eigenvalue weighted by atomic mass is 9.95. The first kappa shape index (κ1) is 34.2. The summed E-state index contributed by atoms with van der Waals surface area (Å²) >= 11 is 0. The van der Waals surface area contributed by atoms with Gasteiger partial charge >= 0.3 is 0 Å². The number of hydrogen-bond donors (Lipinski definition) is 3. The van der Waals surface area contributed by atoms with Gasteiger partial charge in [0, 0.05) is 40.6 Å². The van der Waals surface area contributed by atoms with Crippen molar-refractivity contribution in [3.05, 3.63) is 210 Å². The number of hydrogen-bond acceptors (Lipinski definition) is 4. The number of aromatic nitrogens is 2. The molecule has 0 fully saturated rings. The molecule has 0 radical (unpaired) electrons. The minimum Gasteiger partial charge on any atom is -0.387 e. The number of fused-ring (bicyclic) bond motifs is 7. The summed E-state index contributed by atoms with van der Waals surface area (Å²) in [4.78, 5) is 10.4. The van der Waals surface area contributed by atoms with Crippen LogP contribution >= 0.6 is 0 Å². The van der Waals surface area contributed by atoms with Crippen LogP contribution in [0.15, 0.2) is 187 Å². The van der Waals surface area contributed by atoms with Crippen molar-refractivity contribution in [2.45, 2.75) is 19.3 Å². The largest absolute Gasteiger partial charge is 0.387 e. The molecule has 0 amide bonds. The quantitative estimate of drug-likeness (QED) is 0.102. The van der Waals surface area contributed by atoms with E-state index in [2.05, 4.69) is 155 Å². The summed E-state index contributed by atoms with van der Waals surface area (Å²) in [6, 6.07) is 61.5. The van der Waals surface area contributed by atoms with Gasteiger partial charge in [0.05, 0.1) is 16.7 Å². The molecular formula is C51H40N6. The zero-order valence-corrected chi connectivity index (χ0v) is 31.3. The Kier molecular flexibility index (Phi) is 8.86. The lowest BCUT2D eigenvalue weighted by molar-refractivity contribution is 0.554. The zero-order valence-electron chi connectivity index (χ0n) is 31.3. The van der Waals surface area contributed by atoms with Crippen molar-refractivity contribution in [2.75, 3.05) is 0 Å². The van der Waals surface area contributed by atoms with E-state index in [1.54, 1.807) is 0 Å². The SMILES string of the molecule is NC(=NC(NCc1ccc(-c2ccc(-c3nc4c5ccccc5c5c(c4n3-c3cccc4ccccc34)CNC=C5)cc2)cc1)c1ccccc1)c1ccccc1. The van der Waals surface area contributed by atoms with Crippen LogP contribution in [-0.4, -0.2) is 15.4 Å². The Labute approximate surface area is 331 Å². The van der Waals surface area contributed by atoms with Gasteiger partial charge in [-0.05, 0) is 56.9 Å². The Morgan fingerprint density at radius 2 is 1.30 bits per heavy atom. The minimum absolute atomic E-state index is 0.284. The van der Waals surface area contributed by atoms with Crippen LogP contribution in [0.3, 0.4) is 0 Å². The molecule has 9 aromatic rings. The third kappa shape index (κ3) is 6.42. The van der Waals surface area contributed by atoms with Gasteiger partial charge in [0.15, 0.2) is 0 Å². The van der Waals surface area contributed by atoms with Crippen LogP contribution in [0.1, 0.15) is 34.0 Å². The van der Waals surface area contributed by atoms with E-state index < -0.39 is 0 Å². The van der Waals surface area contributed by atoms with Crippen LogP contribution in [0.4, 0.5) is 0 Å². The van der Waals surface area contributed by atoms with Gasteiger partial charge in [0.1, 0.15) is 17.8 Å². The zero-order chi connectivity index (χ0) is 38.1. The Bertz CT molecular complexity index is 2940. The molecular weight excluding hydrogens is 697 g/mol. The second kappa shape index (κ2) is 14.8. The van der Waals surface area contributed by atoms with Crippen molar-refractivity contribution in [3.8, 4) is 28.2 Å². The second-order valence-electron chi connectivity index (χ2n) is 14.5. The van der Waals surface area contributed by atoms with Crippen molar-refractivity contribution in [2.24, 2.45) is 10.7 Å². The lowest BCUT2D eigenvalue weighted by Gasteiger charge is -2.19. The molecule has 6 heteroatoms. The van der Waals surface area contributed by atoms with Gasteiger partial charge in [-0.3, -0.25) is 9.88 Å². The molecule has 10 rings (SSSR count). The number of nitrogens with one attached hydrogen (secondary N) is 2. The molecule has 1 aliphatic rings. The monoisotopic (exact) mass is 736 g/mol. The van der Waals surface area contributed by atoms with Gasteiger partial charge < -0.3 is 11.1 Å². The van der Waals surface area contributed by atoms with E-state index in [4.69, 9.17) is 15.7 Å². The second-order valence-corrected chi connectivity index (χ2v) is 14.5. The maximum absolute atomic E-state index is 6.46. The third-order valence-corrected chi connectivity index (χ3v) is 11.0. The summed E-state index contributed by atoms with van der Waals surface area (Å²) in [5.74, 6) is 1.43. The highest BCUT2D eigenvalue weighted by Crippen LogP contribution is 2.40. The fourth-order valence-corrected chi connectivity index (χ4v) is 8.14. The molecule has 57 heavy (non-hydrogen) atoms. The molecule has 1 aliphatic heterocycles. The fourth-order valence-electron chi connectivity index (χ4n) is 8.14.